The van der Waals surface area contributed by atoms with Gasteiger partial charge in [0.15, 0.2) is 0 Å². The molecule has 0 bridgehead atoms. The predicted molar refractivity (Wildman–Crippen MR) is 85.2 cm³/mol. The van der Waals surface area contributed by atoms with E-state index in [-0.39, 0.29) is 11.9 Å². The van der Waals surface area contributed by atoms with Gasteiger partial charge in [-0.1, -0.05) is 19.4 Å². The van der Waals surface area contributed by atoms with Gasteiger partial charge in [0.25, 0.3) is 5.91 Å². The number of hydrogen-bond acceptors (Lipinski definition) is 2. The first-order valence-electron chi connectivity index (χ1n) is 7.81. The van der Waals surface area contributed by atoms with E-state index in [9.17, 15) is 4.79 Å². The average Bonchev–Trinajstić information content (AvgIpc) is 3.01. The van der Waals surface area contributed by atoms with Crippen LogP contribution in [0.5, 0.6) is 0 Å². The molecule has 2 unspecified atom stereocenters. The smallest absolute Gasteiger partial charge is 0.254 e. The molecule has 0 radical (unpaired) electrons. The Hall–Kier alpha value is -1.81. The number of aromatic nitrogens is 1. The van der Waals surface area contributed by atoms with E-state index >= 15 is 0 Å². The Morgan fingerprint density at radius 1 is 1.43 bits per heavy atom. The molecule has 4 nitrogen and oxygen atoms in total. The molecule has 2 atom stereocenters. The monoisotopic (exact) mass is 285 g/mol. The van der Waals surface area contributed by atoms with Crippen molar-refractivity contribution in [3.8, 4) is 0 Å². The summed E-state index contributed by atoms with van der Waals surface area (Å²) in [5.74, 6) is 0.810. The summed E-state index contributed by atoms with van der Waals surface area (Å²) in [6.45, 7) is 3.59. The van der Waals surface area contributed by atoms with Gasteiger partial charge in [0, 0.05) is 36.4 Å². The Bertz CT molecular complexity index is 634. The second-order valence-corrected chi connectivity index (χ2v) is 5.97. The molecule has 0 saturated carbocycles. The normalized spacial score (nSPS) is 22.7. The number of likely N-dealkylation sites (tertiary alicyclic amines) is 1. The van der Waals surface area contributed by atoms with Gasteiger partial charge in [0.1, 0.15) is 0 Å². The van der Waals surface area contributed by atoms with Gasteiger partial charge < -0.3 is 15.6 Å². The lowest BCUT2D eigenvalue weighted by atomic mass is 9.88. The van der Waals surface area contributed by atoms with Gasteiger partial charge in [-0.3, -0.25) is 4.79 Å². The molecule has 1 saturated heterocycles. The molecule has 21 heavy (non-hydrogen) atoms. The van der Waals surface area contributed by atoms with Crippen molar-refractivity contribution in [2.24, 2.45) is 11.7 Å². The number of nitrogens with two attached hydrogens (primary N) is 1. The standard InChI is InChI=1S/C17H23N3O/c1-2-12-6-8-20(15(9-12)11-18)17(21)14-4-3-13-5-7-19-16(13)10-14/h3-5,7,10,12,15,19H,2,6,8-9,11,18H2,1H3. The van der Waals surface area contributed by atoms with Gasteiger partial charge in [-0.2, -0.15) is 0 Å². The molecule has 1 aliphatic heterocycles. The number of nitrogens with one attached hydrogen (secondary N) is 1. The summed E-state index contributed by atoms with van der Waals surface area (Å²) in [4.78, 5) is 17.9. The molecule has 1 aliphatic rings. The van der Waals surface area contributed by atoms with E-state index in [2.05, 4.69) is 11.9 Å². The summed E-state index contributed by atoms with van der Waals surface area (Å²) in [5, 5.41) is 1.13. The summed E-state index contributed by atoms with van der Waals surface area (Å²) < 4.78 is 0. The van der Waals surface area contributed by atoms with Crippen molar-refractivity contribution >= 4 is 16.8 Å². The number of fused-ring (bicyclic) bond motifs is 1. The van der Waals surface area contributed by atoms with E-state index in [1.165, 1.54) is 6.42 Å². The summed E-state index contributed by atoms with van der Waals surface area (Å²) in [6.07, 6.45) is 5.19. The number of aromatic amines is 1. The predicted octanol–water partition coefficient (Wildman–Crippen LogP) is 2.76. The highest BCUT2D eigenvalue weighted by Gasteiger charge is 2.30. The topological polar surface area (TPSA) is 62.1 Å². The SMILES string of the molecule is CCC1CCN(C(=O)c2ccc3cc[nH]c3c2)C(CN)C1. The van der Waals surface area contributed by atoms with Crippen LogP contribution >= 0.6 is 0 Å². The van der Waals surface area contributed by atoms with Crippen LogP contribution in [-0.4, -0.2) is 34.9 Å². The first-order chi connectivity index (χ1) is 10.2. The molecule has 3 N–H and O–H groups in total. The number of hydrogen-bond donors (Lipinski definition) is 2. The summed E-state index contributed by atoms with van der Waals surface area (Å²) in [6, 6.07) is 8.04. The van der Waals surface area contributed by atoms with Crippen LogP contribution in [0.4, 0.5) is 0 Å². The number of H-pyrrole nitrogens is 1. The molecule has 0 spiro atoms. The highest BCUT2D eigenvalue weighted by molar-refractivity contribution is 5.98. The van der Waals surface area contributed by atoms with E-state index in [4.69, 9.17) is 5.73 Å². The maximum Gasteiger partial charge on any atom is 0.254 e. The Morgan fingerprint density at radius 3 is 3.05 bits per heavy atom. The van der Waals surface area contributed by atoms with Gasteiger partial charge in [0.2, 0.25) is 0 Å². The minimum Gasteiger partial charge on any atom is -0.361 e. The number of amides is 1. The fraction of sp³-hybridized carbons (Fsp3) is 0.471. The van der Waals surface area contributed by atoms with Gasteiger partial charge >= 0.3 is 0 Å². The number of benzene rings is 1. The van der Waals surface area contributed by atoms with Crippen LogP contribution in [0, 0.1) is 5.92 Å². The van der Waals surface area contributed by atoms with Crippen molar-refractivity contribution < 1.29 is 4.79 Å². The maximum absolute atomic E-state index is 12.8. The number of piperidine rings is 1. The fourth-order valence-electron chi connectivity index (χ4n) is 3.34. The first-order valence-corrected chi connectivity index (χ1v) is 7.81. The third kappa shape index (κ3) is 2.68. The average molecular weight is 285 g/mol. The molecule has 112 valence electrons. The van der Waals surface area contributed by atoms with E-state index in [1.54, 1.807) is 0 Å². The van der Waals surface area contributed by atoms with E-state index in [0.29, 0.717) is 12.5 Å². The van der Waals surface area contributed by atoms with Crippen molar-refractivity contribution in [3.63, 3.8) is 0 Å². The lowest BCUT2D eigenvalue weighted by molar-refractivity contribution is 0.0558. The third-order valence-electron chi connectivity index (χ3n) is 4.74. The van der Waals surface area contributed by atoms with Crippen molar-refractivity contribution in [1.82, 2.24) is 9.88 Å². The van der Waals surface area contributed by atoms with E-state index < -0.39 is 0 Å². The van der Waals surface area contributed by atoms with Crippen molar-refractivity contribution in [1.29, 1.82) is 0 Å². The molecule has 0 aliphatic carbocycles. The number of carbonyl (C=O) groups is 1. The van der Waals surface area contributed by atoms with Crippen LogP contribution in [0.2, 0.25) is 0 Å². The molecule has 1 aromatic carbocycles. The minimum atomic E-state index is 0.108. The molecule has 4 heteroatoms. The lowest BCUT2D eigenvalue weighted by Gasteiger charge is -2.39. The largest absolute Gasteiger partial charge is 0.361 e. The van der Waals surface area contributed by atoms with Crippen LogP contribution in [0.25, 0.3) is 10.9 Å². The van der Waals surface area contributed by atoms with Gasteiger partial charge in [-0.15, -0.1) is 0 Å². The minimum absolute atomic E-state index is 0.108. The molecule has 1 fully saturated rings. The quantitative estimate of drug-likeness (QED) is 0.911. The zero-order valence-electron chi connectivity index (χ0n) is 12.5. The van der Waals surface area contributed by atoms with Crippen LogP contribution in [0.3, 0.4) is 0 Å². The third-order valence-corrected chi connectivity index (χ3v) is 4.74. The zero-order chi connectivity index (χ0) is 14.8. The van der Waals surface area contributed by atoms with Crippen LogP contribution in [-0.2, 0) is 0 Å². The van der Waals surface area contributed by atoms with E-state index in [0.717, 1.165) is 35.9 Å². The summed E-state index contributed by atoms with van der Waals surface area (Å²) in [5.41, 5.74) is 7.66. The fourth-order valence-corrected chi connectivity index (χ4v) is 3.34. The van der Waals surface area contributed by atoms with Crippen molar-refractivity contribution in [2.45, 2.75) is 32.2 Å². The molecular formula is C17H23N3O. The van der Waals surface area contributed by atoms with Gasteiger partial charge in [0.05, 0.1) is 0 Å². The van der Waals surface area contributed by atoms with Gasteiger partial charge in [-0.25, -0.2) is 0 Å². The number of rotatable bonds is 3. The molecule has 1 aromatic heterocycles. The number of carbonyl (C=O) groups excluding carboxylic acids is 1. The number of nitrogens with zero attached hydrogens (tertiary/aromatic N) is 1. The molecule has 2 heterocycles. The molecule has 3 rings (SSSR count). The molecule has 2 aromatic rings. The van der Waals surface area contributed by atoms with Crippen LogP contribution in [0.1, 0.15) is 36.5 Å². The Labute approximate surface area is 125 Å². The second kappa shape index (κ2) is 5.90. The summed E-state index contributed by atoms with van der Waals surface area (Å²) in [7, 11) is 0. The molecular weight excluding hydrogens is 262 g/mol. The summed E-state index contributed by atoms with van der Waals surface area (Å²) >= 11 is 0. The van der Waals surface area contributed by atoms with Crippen LogP contribution < -0.4 is 5.73 Å². The second-order valence-electron chi connectivity index (χ2n) is 5.97. The Kier molecular flexibility index (Phi) is 3.97. The van der Waals surface area contributed by atoms with Crippen LogP contribution in [0.15, 0.2) is 30.5 Å². The maximum atomic E-state index is 12.8. The first kappa shape index (κ1) is 14.1. The highest BCUT2D eigenvalue weighted by Crippen LogP contribution is 2.26. The Morgan fingerprint density at radius 2 is 2.29 bits per heavy atom. The van der Waals surface area contributed by atoms with E-state index in [1.807, 2.05) is 35.4 Å². The zero-order valence-corrected chi connectivity index (χ0v) is 12.5. The van der Waals surface area contributed by atoms with Crippen molar-refractivity contribution in [2.75, 3.05) is 13.1 Å². The molecule has 1 amide bonds. The van der Waals surface area contributed by atoms with Gasteiger partial charge in [-0.05, 0) is 42.3 Å². The Balaban J connectivity index is 1.83. The lowest BCUT2D eigenvalue weighted by Crippen LogP contribution is -2.49. The highest BCUT2D eigenvalue weighted by atomic mass is 16.2. The van der Waals surface area contributed by atoms with Crippen molar-refractivity contribution in [3.05, 3.63) is 36.0 Å².